The highest BCUT2D eigenvalue weighted by atomic mass is 79.9. The smallest absolute Gasteiger partial charge is 0.0731 e. The monoisotopic (exact) mass is 423 g/mol. The van der Waals surface area contributed by atoms with Crippen LogP contribution in [-0.2, 0) is 0 Å². The maximum Gasteiger partial charge on any atom is 0.0731 e. The lowest BCUT2D eigenvalue weighted by Crippen LogP contribution is -2.31. The van der Waals surface area contributed by atoms with E-state index < -0.39 is 0 Å². The number of halogens is 1. The summed E-state index contributed by atoms with van der Waals surface area (Å²) in [6.45, 7) is 4.70. The van der Waals surface area contributed by atoms with E-state index in [0.717, 1.165) is 27.8 Å². The largest absolute Gasteiger partial charge is 0.384 e. The normalized spacial score (nSPS) is 15.1. The fraction of sp³-hybridized carbons (Fsp3) is 0.348. The minimum Gasteiger partial charge on any atom is -0.384 e. The summed E-state index contributed by atoms with van der Waals surface area (Å²) in [5, 5.41) is 4.85. The molecule has 3 aromatic rings. The number of benzene rings is 2. The van der Waals surface area contributed by atoms with Crippen LogP contribution in [0.15, 0.2) is 59.1 Å². The molecule has 0 spiro atoms. The maximum atomic E-state index is 4.88. The quantitative estimate of drug-likeness (QED) is 0.496. The standard InChI is InChI=1S/C23H26BrN3/c24-19-10-11-21-20(16-19)23(17-22(26-21)18-8-3-1-4-9-18)25-12-7-15-27-13-5-2-6-14-27/h1,3-4,8-11,16-17H,2,5-7,12-15H2,(H,25,26). The molecule has 0 radical (unpaired) electrons. The third-order valence-corrected chi connectivity index (χ3v) is 5.75. The van der Waals surface area contributed by atoms with Crippen molar-refractivity contribution >= 4 is 32.5 Å². The minimum atomic E-state index is 0.982. The summed E-state index contributed by atoms with van der Waals surface area (Å²) >= 11 is 3.60. The first-order chi connectivity index (χ1) is 13.3. The Bertz CT molecular complexity index is 889. The molecule has 4 heteroatoms. The Balaban J connectivity index is 1.53. The van der Waals surface area contributed by atoms with E-state index in [4.69, 9.17) is 4.98 Å². The lowest BCUT2D eigenvalue weighted by Gasteiger charge is -2.26. The molecule has 0 aliphatic carbocycles. The van der Waals surface area contributed by atoms with Gasteiger partial charge in [-0.3, -0.25) is 0 Å². The van der Waals surface area contributed by atoms with E-state index >= 15 is 0 Å². The van der Waals surface area contributed by atoms with Crippen LogP contribution in [0.2, 0.25) is 0 Å². The highest BCUT2D eigenvalue weighted by molar-refractivity contribution is 9.10. The highest BCUT2D eigenvalue weighted by Gasteiger charge is 2.10. The molecule has 0 amide bonds. The number of nitrogens with zero attached hydrogens (tertiary/aromatic N) is 2. The number of piperidine rings is 1. The molecule has 27 heavy (non-hydrogen) atoms. The molecule has 1 saturated heterocycles. The van der Waals surface area contributed by atoms with Gasteiger partial charge in [0.25, 0.3) is 0 Å². The molecule has 0 bridgehead atoms. The van der Waals surface area contributed by atoms with Crippen LogP contribution in [0.5, 0.6) is 0 Å². The Morgan fingerprint density at radius 3 is 2.59 bits per heavy atom. The van der Waals surface area contributed by atoms with E-state index in [1.165, 1.54) is 56.4 Å². The number of nitrogens with one attached hydrogen (secondary N) is 1. The third-order valence-electron chi connectivity index (χ3n) is 5.26. The molecular formula is C23H26BrN3. The Morgan fingerprint density at radius 1 is 0.963 bits per heavy atom. The maximum absolute atomic E-state index is 4.88. The van der Waals surface area contributed by atoms with Crippen LogP contribution in [0, 0.1) is 0 Å². The zero-order valence-electron chi connectivity index (χ0n) is 15.6. The van der Waals surface area contributed by atoms with E-state index in [1.807, 2.05) is 6.07 Å². The average molecular weight is 424 g/mol. The van der Waals surface area contributed by atoms with Gasteiger partial charge in [-0.05, 0) is 63.2 Å². The lowest BCUT2D eigenvalue weighted by molar-refractivity contribution is 0.228. The van der Waals surface area contributed by atoms with Crippen LogP contribution in [0.3, 0.4) is 0 Å². The Morgan fingerprint density at radius 2 is 1.78 bits per heavy atom. The van der Waals surface area contributed by atoms with Gasteiger partial charge in [-0.2, -0.15) is 0 Å². The number of hydrogen-bond acceptors (Lipinski definition) is 3. The van der Waals surface area contributed by atoms with Crippen LogP contribution in [0.25, 0.3) is 22.2 Å². The number of anilines is 1. The Hall–Kier alpha value is -1.91. The number of aromatic nitrogens is 1. The fourth-order valence-electron chi connectivity index (χ4n) is 3.81. The fourth-order valence-corrected chi connectivity index (χ4v) is 4.17. The van der Waals surface area contributed by atoms with E-state index in [-0.39, 0.29) is 0 Å². The summed E-state index contributed by atoms with van der Waals surface area (Å²) in [5.41, 5.74) is 4.36. The van der Waals surface area contributed by atoms with Crippen molar-refractivity contribution in [2.24, 2.45) is 0 Å². The van der Waals surface area contributed by atoms with Crippen LogP contribution in [0.4, 0.5) is 5.69 Å². The summed E-state index contributed by atoms with van der Waals surface area (Å²) in [4.78, 5) is 7.48. The summed E-state index contributed by atoms with van der Waals surface area (Å²) < 4.78 is 1.08. The second-order valence-corrected chi connectivity index (χ2v) is 8.18. The van der Waals surface area contributed by atoms with E-state index in [0.29, 0.717) is 0 Å². The molecule has 140 valence electrons. The second-order valence-electron chi connectivity index (χ2n) is 7.27. The molecule has 0 atom stereocenters. The molecule has 1 aliphatic rings. The van der Waals surface area contributed by atoms with E-state index in [1.54, 1.807) is 0 Å². The molecule has 2 heterocycles. The van der Waals surface area contributed by atoms with Gasteiger partial charge >= 0.3 is 0 Å². The van der Waals surface area contributed by atoms with Crippen LogP contribution in [0.1, 0.15) is 25.7 Å². The zero-order valence-corrected chi connectivity index (χ0v) is 17.2. The SMILES string of the molecule is Brc1ccc2nc(-c3ccccc3)cc(NCCCN3CCCCC3)c2c1. The van der Waals surface area contributed by atoms with Gasteiger partial charge in [0.2, 0.25) is 0 Å². The molecule has 4 rings (SSSR count). The van der Waals surface area contributed by atoms with Crippen LogP contribution in [-0.4, -0.2) is 36.1 Å². The molecule has 0 unspecified atom stereocenters. The number of rotatable bonds is 6. The highest BCUT2D eigenvalue weighted by Crippen LogP contribution is 2.30. The molecule has 1 N–H and O–H groups in total. The molecule has 3 nitrogen and oxygen atoms in total. The predicted molar refractivity (Wildman–Crippen MR) is 118 cm³/mol. The second kappa shape index (κ2) is 8.85. The van der Waals surface area contributed by atoms with Gasteiger partial charge < -0.3 is 10.2 Å². The van der Waals surface area contributed by atoms with Crippen LogP contribution >= 0.6 is 15.9 Å². The first-order valence-electron chi connectivity index (χ1n) is 9.91. The van der Waals surface area contributed by atoms with Crippen LogP contribution < -0.4 is 5.32 Å². The van der Waals surface area contributed by atoms with Gasteiger partial charge in [0.05, 0.1) is 11.2 Å². The van der Waals surface area contributed by atoms with Gasteiger partial charge in [0.15, 0.2) is 0 Å². The summed E-state index contributed by atoms with van der Waals surface area (Å²) in [6, 6.07) is 18.9. The third kappa shape index (κ3) is 4.69. The average Bonchev–Trinajstić information content (AvgIpc) is 2.72. The van der Waals surface area contributed by atoms with Crippen molar-refractivity contribution in [3.63, 3.8) is 0 Å². The van der Waals surface area contributed by atoms with E-state index in [9.17, 15) is 0 Å². The topological polar surface area (TPSA) is 28.2 Å². The van der Waals surface area contributed by atoms with Gasteiger partial charge in [0, 0.05) is 27.7 Å². The number of hydrogen-bond donors (Lipinski definition) is 1. The molecular weight excluding hydrogens is 398 g/mol. The van der Waals surface area contributed by atoms with Gasteiger partial charge in [0.1, 0.15) is 0 Å². The Kier molecular flexibility index (Phi) is 6.05. The lowest BCUT2D eigenvalue weighted by atomic mass is 10.1. The van der Waals surface area contributed by atoms with Gasteiger partial charge in [-0.15, -0.1) is 0 Å². The molecule has 1 fully saturated rings. The molecule has 2 aromatic carbocycles. The zero-order chi connectivity index (χ0) is 18.5. The number of fused-ring (bicyclic) bond motifs is 1. The van der Waals surface area contributed by atoms with Gasteiger partial charge in [-0.25, -0.2) is 4.98 Å². The number of likely N-dealkylation sites (tertiary alicyclic amines) is 1. The first kappa shape index (κ1) is 18.5. The summed E-state index contributed by atoms with van der Waals surface area (Å²) in [6.07, 6.45) is 5.28. The summed E-state index contributed by atoms with van der Waals surface area (Å²) in [5.74, 6) is 0. The molecule has 1 aromatic heterocycles. The van der Waals surface area contributed by atoms with Crippen molar-refractivity contribution in [2.75, 3.05) is 31.5 Å². The van der Waals surface area contributed by atoms with Crippen molar-refractivity contribution in [1.29, 1.82) is 0 Å². The molecule has 0 saturated carbocycles. The van der Waals surface area contributed by atoms with E-state index in [2.05, 4.69) is 74.7 Å². The first-order valence-corrected chi connectivity index (χ1v) is 10.7. The van der Waals surface area contributed by atoms with Crippen molar-refractivity contribution in [1.82, 2.24) is 9.88 Å². The van der Waals surface area contributed by atoms with Crippen molar-refractivity contribution in [3.8, 4) is 11.3 Å². The predicted octanol–water partition coefficient (Wildman–Crippen LogP) is 5.95. The van der Waals surface area contributed by atoms with Crippen molar-refractivity contribution < 1.29 is 0 Å². The number of pyridine rings is 1. The minimum absolute atomic E-state index is 0.982. The van der Waals surface area contributed by atoms with Crippen molar-refractivity contribution in [3.05, 3.63) is 59.1 Å². The van der Waals surface area contributed by atoms with Gasteiger partial charge in [-0.1, -0.05) is 52.7 Å². The molecule has 1 aliphatic heterocycles. The van der Waals surface area contributed by atoms with Crippen molar-refractivity contribution in [2.45, 2.75) is 25.7 Å². The Labute approximate surface area is 169 Å². The summed E-state index contributed by atoms with van der Waals surface area (Å²) in [7, 11) is 0.